The molecule has 0 spiro atoms. The lowest BCUT2D eigenvalue weighted by molar-refractivity contribution is 0.111. The van der Waals surface area contributed by atoms with E-state index in [0.29, 0.717) is 52.0 Å². The summed E-state index contributed by atoms with van der Waals surface area (Å²) in [6.45, 7) is 2.69. The van der Waals surface area contributed by atoms with Crippen molar-refractivity contribution in [1.82, 2.24) is 0 Å². The third-order valence-electron chi connectivity index (χ3n) is 7.43. The van der Waals surface area contributed by atoms with Crippen LogP contribution in [0.3, 0.4) is 0 Å². The summed E-state index contributed by atoms with van der Waals surface area (Å²) in [6.07, 6.45) is 2.81. The molecule has 4 aromatic rings. The number of carbonyl (C=O) groups excluding carboxylic acids is 1. The van der Waals surface area contributed by atoms with Crippen molar-refractivity contribution in [1.29, 1.82) is 10.5 Å². The number of fused-ring (bicyclic) bond motifs is 1. The van der Waals surface area contributed by atoms with Crippen LogP contribution in [0, 0.1) is 29.6 Å². The van der Waals surface area contributed by atoms with Crippen LogP contribution in [0.2, 0.25) is 5.02 Å². The molecule has 0 aliphatic heterocycles. The van der Waals surface area contributed by atoms with Gasteiger partial charge in [0.05, 0.1) is 40.5 Å². The van der Waals surface area contributed by atoms with Crippen LogP contribution in [0.25, 0.3) is 11.1 Å². The number of nitriles is 2. The molecule has 0 aromatic heterocycles. The minimum Gasteiger partial charge on any atom is -0.493 e. The second-order valence-electron chi connectivity index (χ2n) is 10.2. The van der Waals surface area contributed by atoms with E-state index < -0.39 is 0 Å². The second kappa shape index (κ2) is 13.7. The van der Waals surface area contributed by atoms with Crippen LogP contribution in [0.5, 0.6) is 17.2 Å². The van der Waals surface area contributed by atoms with Crippen molar-refractivity contribution >= 4 is 29.5 Å². The summed E-state index contributed by atoms with van der Waals surface area (Å²) in [5, 5.41) is 18.9. The van der Waals surface area contributed by atoms with Crippen molar-refractivity contribution in [2.24, 2.45) is 0 Å². The van der Waals surface area contributed by atoms with Crippen LogP contribution in [0.4, 0.5) is 0 Å². The molecule has 6 nitrogen and oxygen atoms in total. The van der Waals surface area contributed by atoms with Crippen LogP contribution in [0.1, 0.15) is 62.7 Å². The molecule has 43 heavy (non-hydrogen) atoms. The zero-order valence-corrected chi connectivity index (χ0v) is 25.0. The Morgan fingerprint density at radius 2 is 1.67 bits per heavy atom. The number of benzene rings is 4. The molecule has 0 fully saturated rings. The van der Waals surface area contributed by atoms with Crippen LogP contribution < -0.4 is 14.2 Å². The number of carbonyl (C=O) groups is 1. The van der Waals surface area contributed by atoms with Gasteiger partial charge < -0.3 is 14.2 Å². The second-order valence-corrected chi connectivity index (χ2v) is 11.0. The Balaban J connectivity index is 1.39. The van der Waals surface area contributed by atoms with Crippen molar-refractivity contribution in [3.8, 4) is 40.5 Å². The van der Waals surface area contributed by atoms with Crippen molar-refractivity contribution in [3.05, 3.63) is 111 Å². The van der Waals surface area contributed by atoms with Crippen LogP contribution in [-0.4, -0.2) is 18.8 Å². The lowest BCUT2D eigenvalue weighted by Gasteiger charge is -2.19. The summed E-state index contributed by atoms with van der Waals surface area (Å²) in [5.74, 6) is 2.11. The van der Waals surface area contributed by atoms with E-state index in [1.54, 1.807) is 18.2 Å². The third-order valence-corrected chi connectivity index (χ3v) is 7.99. The first kappa shape index (κ1) is 30.0. The molecule has 5 rings (SSSR count). The molecule has 0 bridgehead atoms. The molecule has 0 saturated carbocycles. The Bertz CT molecular complexity index is 1720. The molecule has 0 N–H and O–H groups in total. The molecule has 0 heterocycles. The Morgan fingerprint density at radius 3 is 2.40 bits per heavy atom. The third kappa shape index (κ3) is 6.62. The van der Waals surface area contributed by atoms with Crippen molar-refractivity contribution in [2.45, 2.75) is 38.9 Å². The van der Waals surface area contributed by atoms with Gasteiger partial charge in [0.15, 0.2) is 6.29 Å². The largest absolute Gasteiger partial charge is 0.493 e. The molecule has 0 amide bonds. The van der Waals surface area contributed by atoms with Gasteiger partial charge in [0.2, 0.25) is 0 Å². The fourth-order valence-corrected chi connectivity index (χ4v) is 5.69. The number of ether oxygens (including phenoxy) is 3. The van der Waals surface area contributed by atoms with Crippen molar-refractivity contribution < 1.29 is 19.0 Å². The van der Waals surface area contributed by atoms with E-state index in [1.165, 1.54) is 17.7 Å². The van der Waals surface area contributed by atoms with Crippen LogP contribution in [0.15, 0.2) is 66.7 Å². The maximum absolute atomic E-state index is 11.8. The van der Waals surface area contributed by atoms with E-state index >= 15 is 0 Å². The predicted octanol–water partition coefficient (Wildman–Crippen LogP) is 8.52. The van der Waals surface area contributed by atoms with E-state index in [-0.39, 0.29) is 18.3 Å². The average molecular weight is 612 g/mol. The van der Waals surface area contributed by atoms with Crippen molar-refractivity contribution in [3.63, 3.8) is 0 Å². The molecule has 216 valence electrons. The fraction of sp³-hybridized carbons (Fsp3) is 0.229. The highest BCUT2D eigenvalue weighted by Crippen LogP contribution is 2.44. The topological polar surface area (TPSA) is 92.3 Å². The van der Waals surface area contributed by atoms with Gasteiger partial charge in [-0.2, -0.15) is 10.5 Å². The Kier molecular flexibility index (Phi) is 9.52. The smallest absolute Gasteiger partial charge is 0.153 e. The monoisotopic (exact) mass is 610 g/mol. The molecular formula is C35H28Cl2N2O4. The summed E-state index contributed by atoms with van der Waals surface area (Å²) < 4.78 is 18.4. The number of hydrogen-bond donors (Lipinski definition) is 0. The lowest BCUT2D eigenvalue weighted by Crippen LogP contribution is -2.06. The summed E-state index contributed by atoms with van der Waals surface area (Å²) in [7, 11) is 0. The first-order chi connectivity index (χ1) is 20.9. The molecular weight excluding hydrogens is 583 g/mol. The van der Waals surface area contributed by atoms with E-state index in [0.717, 1.165) is 47.3 Å². The van der Waals surface area contributed by atoms with Crippen LogP contribution >= 0.6 is 23.2 Å². The van der Waals surface area contributed by atoms with E-state index in [2.05, 4.69) is 25.1 Å². The first-order valence-corrected chi connectivity index (χ1v) is 14.8. The van der Waals surface area contributed by atoms with E-state index in [9.17, 15) is 15.3 Å². The van der Waals surface area contributed by atoms with Gasteiger partial charge in [-0.25, -0.2) is 0 Å². The maximum atomic E-state index is 11.8. The molecule has 0 unspecified atom stereocenters. The molecule has 1 aliphatic carbocycles. The molecule has 1 atom stereocenters. The fourth-order valence-electron chi connectivity index (χ4n) is 5.37. The minimum atomic E-state index is -0.240. The molecule has 0 saturated heterocycles. The summed E-state index contributed by atoms with van der Waals surface area (Å²) in [5.41, 5.74) is 7.25. The number of halogens is 2. The zero-order chi connectivity index (χ0) is 30.3. The number of nitrogens with zero attached hydrogens (tertiary/aromatic N) is 2. The lowest BCUT2D eigenvalue weighted by atomic mass is 9.93. The summed E-state index contributed by atoms with van der Waals surface area (Å²) in [4.78, 5) is 11.8. The predicted molar refractivity (Wildman–Crippen MR) is 166 cm³/mol. The van der Waals surface area contributed by atoms with Gasteiger partial charge >= 0.3 is 0 Å². The number of rotatable bonds is 11. The van der Waals surface area contributed by atoms with Gasteiger partial charge in [-0.05, 0) is 89.9 Å². The Hall–Kier alpha value is -4.49. The van der Waals surface area contributed by atoms with E-state index in [4.69, 9.17) is 37.4 Å². The highest BCUT2D eigenvalue weighted by atomic mass is 35.5. The van der Waals surface area contributed by atoms with Gasteiger partial charge in [0.1, 0.15) is 30.0 Å². The van der Waals surface area contributed by atoms with Crippen molar-refractivity contribution in [2.75, 3.05) is 12.5 Å². The standard InChI is InChI=1S/C35H28Cl2N2O4/c1-22-27(5-3-8-32(22)41-12-4-11-36)28-6-2-7-30-29(28)9-10-33(30)43-35-17-34(26(20-40)16-31(35)37)42-21-25-14-23(18-38)13-24(15-25)19-39/h2-3,5-8,13-17,20,33H,4,9-12,21H2,1H3/t33-/m0/s1. The van der Waals surface area contributed by atoms with Gasteiger partial charge in [0.25, 0.3) is 0 Å². The average Bonchev–Trinajstić information content (AvgIpc) is 3.44. The first-order valence-electron chi connectivity index (χ1n) is 13.9. The summed E-state index contributed by atoms with van der Waals surface area (Å²) in [6, 6.07) is 24.4. The number of hydrogen-bond acceptors (Lipinski definition) is 6. The van der Waals surface area contributed by atoms with E-state index in [1.807, 2.05) is 30.3 Å². The zero-order valence-electron chi connectivity index (χ0n) is 23.5. The molecule has 0 radical (unpaired) electrons. The normalized spacial score (nSPS) is 13.5. The Morgan fingerprint density at radius 1 is 0.930 bits per heavy atom. The highest BCUT2D eigenvalue weighted by Gasteiger charge is 2.28. The summed E-state index contributed by atoms with van der Waals surface area (Å²) >= 11 is 12.4. The highest BCUT2D eigenvalue weighted by molar-refractivity contribution is 6.32. The van der Waals surface area contributed by atoms with Gasteiger partial charge in [-0.3, -0.25) is 4.79 Å². The molecule has 8 heteroatoms. The maximum Gasteiger partial charge on any atom is 0.153 e. The van der Waals surface area contributed by atoms with Gasteiger partial charge in [0, 0.05) is 11.9 Å². The number of aldehydes is 1. The molecule has 4 aromatic carbocycles. The number of alkyl halides is 1. The quantitative estimate of drug-likeness (QED) is 0.0959. The Labute approximate surface area is 261 Å². The minimum absolute atomic E-state index is 0.0513. The molecule has 1 aliphatic rings. The van der Waals surface area contributed by atoms with Gasteiger partial charge in [-0.1, -0.05) is 41.9 Å². The van der Waals surface area contributed by atoms with Crippen LogP contribution in [-0.2, 0) is 13.0 Å². The van der Waals surface area contributed by atoms with Gasteiger partial charge in [-0.15, -0.1) is 11.6 Å². The SMILES string of the molecule is Cc1c(OCCCCl)cccc1-c1cccc2c1CC[C@@H]2Oc1cc(OCc2cc(C#N)cc(C#N)c2)c(C=O)cc1Cl.